The van der Waals surface area contributed by atoms with Gasteiger partial charge in [-0.25, -0.2) is 9.78 Å². The Labute approximate surface area is 149 Å². The highest BCUT2D eigenvalue weighted by Gasteiger charge is 2.55. The number of nitrogens with zero attached hydrogens (tertiary/aromatic N) is 1. The van der Waals surface area contributed by atoms with Crippen molar-refractivity contribution >= 4 is 5.91 Å². The van der Waals surface area contributed by atoms with Crippen molar-refractivity contribution in [2.75, 3.05) is 0 Å². The van der Waals surface area contributed by atoms with Gasteiger partial charge in [0.25, 0.3) is 5.91 Å². The lowest BCUT2D eigenvalue weighted by molar-refractivity contribution is -0.331. The summed E-state index contributed by atoms with van der Waals surface area (Å²) in [6, 6.07) is 10.1. The minimum atomic E-state index is -0.744. The third kappa shape index (κ3) is 3.64. The fraction of sp³-hybridized carbons (Fsp3) is 0.550. The van der Waals surface area contributed by atoms with Gasteiger partial charge in [0.15, 0.2) is 6.10 Å². The van der Waals surface area contributed by atoms with Crippen LogP contribution in [0.5, 0.6) is 0 Å². The van der Waals surface area contributed by atoms with Crippen molar-refractivity contribution in [2.24, 2.45) is 0 Å². The highest BCUT2D eigenvalue weighted by atomic mass is 17.2. The average molecular weight is 345 g/mol. The van der Waals surface area contributed by atoms with Crippen molar-refractivity contribution < 1.29 is 19.3 Å². The largest absolute Gasteiger partial charge is 0.348 e. The van der Waals surface area contributed by atoms with Crippen LogP contribution >= 0.6 is 0 Å². The Bertz CT molecular complexity index is 653. The first-order valence-corrected chi connectivity index (χ1v) is 8.78. The van der Waals surface area contributed by atoms with Crippen molar-refractivity contribution in [3.8, 4) is 0 Å². The molecule has 0 spiro atoms. The minimum Gasteiger partial charge on any atom is -0.348 e. The van der Waals surface area contributed by atoms with E-state index < -0.39 is 17.4 Å². The number of hydrogen-bond acceptors (Lipinski definition) is 4. The summed E-state index contributed by atoms with van der Waals surface area (Å²) in [7, 11) is 0. The van der Waals surface area contributed by atoms with Crippen molar-refractivity contribution in [1.82, 2.24) is 4.90 Å². The van der Waals surface area contributed by atoms with E-state index in [1.165, 1.54) is 5.56 Å². The van der Waals surface area contributed by atoms with E-state index in [2.05, 4.69) is 12.1 Å². The van der Waals surface area contributed by atoms with E-state index in [1.54, 1.807) is 6.08 Å². The minimum absolute atomic E-state index is 0.103. The molecule has 0 unspecified atom stereocenters. The third-order valence-electron chi connectivity index (χ3n) is 4.83. The molecule has 136 valence electrons. The molecule has 1 aromatic carbocycles. The maximum Gasteiger partial charge on any atom is 0.261 e. The predicted octanol–water partition coefficient (Wildman–Crippen LogP) is 3.25. The van der Waals surface area contributed by atoms with Crippen molar-refractivity contribution in [2.45, 2.75) is 70.6 Å². The number of carbonyl (C=O) groups excluding carboxylic acids is 1. The number of benzene rings is 1. The molecule has 1 amide bonds. The van der Waals surface area contributed by atoms with E-state index in [0.717, 1.165) is 6.42 Å². The van der Waals surface area contributed by atoms with Gasteiger partial charge in [-0.2, -0.15) is 0 Å². The van der Waals surface area contributed by atoms with Gasteiger partial charge < -0.3 is 9.64 Å². The lowest BCUT2D eigenvalue weighted by Crippen LogP contribution is -2.54. The fourth-order valence-corrected chi connectivity index (χ4v) is 3.77. The van der Waals surface area contributed by atoms with Crippen LogP contribution in [-0.4, -0.2) is 40.4 Å². The highest BCUT2D eigenvalue weighted by molar-refractivity contribution is 5.84. The second-order valence-electron chi connectivity index (χ2n) is 7.77. The van der Waals surface area contributed by atoms with Gasteiger partial charge in [0.1, 0.15) is 11.8 Å². The molecular formula is C20H27NO4. The number of ether oxygens (including phenoxy) is 1. The van der Waals surface area contributed by atoms with Crippen LogP contribution in [0.25, 0.3) is 0 Å². The van der Waals surface area contributed by atoms with Gasteiger partial charge in [-0.1, -0.05) is 36.4 Å². The monoisotopic (exact) mass is 345 g/mol. The maximum absolute atomic E-state index is 13.2. The van der Waals surface area contributed by atoms with E-state index in [1.807, 2.05) is 63.8 Å². The van der Waals surface area contributed by atoms with Crippen LogP contribution in [0.4, 0.5) is 0 Å². The van der Waals surface area contributed by atoms with E-state index in [9.17, 15) is 4.79 Å². The first-order valence-electron chi connectivity index (χ1n) is 8.78. The molecule has 5 nitrogen and oxygen atoms in total. The smallest absolute Gasteiger partial charge is 0.261 e. The molecule has 1 aromatic rings. The Morgan fingerprint density at radius 1 is 1.08 bits per heavy atom. The molecule has 25 heavy (non-hydrogen) atoms. The van der Waals surface area contributed by atoms with Crippen molar-refractivity contribution in [3.63, 3.8) is 0 Å². The summed E-state index contributed by atoms with van der Waals surface area (Å²) in [5, 5.41) is 0. The molecule has 2 aliphatic rings. The molecule has 0 aromatic heterocycles. The van der Waals surface area contributed by atoms with Crippen LogP contribution < -0.4 is 0 Å². The SMILES string of the molecule is C[C@H]1C=C[C@@H](C(=O)N2[C@@H](Cc3ccccc3)C(C)(C)OC2(C)C)OO1. The van der Waals surface area contributed by atoms with Crippen LogP contribution in [0.3, 0.4) is 0 Å². The summed E-state index contributed by atoms with van der Waals surface area (Å²) in [6.45, 7) is 9.78. The third-order valence-corrected chi connectivity index (χ3v) is 4.83. The molecule has 0 radical (unpaired) electrons. The molecule has 5 heteroatoms. The molecular weight excluding hydrogens is 318 g/mol. The van der Waals surface area contributed by atoms with Gasteiger partial charge in [0.05, 0.1) is 11.6 Å². The fourth-order valence-electron chi connectivity index (χ4n) is 3.77. The van der Waals surface area contributed by atoms with E-state index in [4.69, 9.17) is 14.5 Å². The van der Waals surface area contributed by atoms with Crippen molar-refractivity contribution in [3.05, 3.63) is 48.0 Å². The molecule has 0 aliphatic carbocycles. The van der Waals surface area contributed by atoms with Crippen molar-refractivity contribution in [1.29, 1.82) is 0 Å². The predicted molar refractivity (Wildman–Crippen MR) is 94.6 cm³/mol. The molecule has 0 bridgehead atoms. The lowest BCUT2D eigenvalue weighted by atomic mass is 9.91. The first-order chi connectivity index (χ1) is 11.7. The van der Waals surface area contributed by atoms with E-state index in [0.29, 0.717) is 0 Å². The normalized spacial score (nSPS) is 30.4. The Morgan fingerprint density at radius 3 is 2.36 bits per heavy atom. The number of carbonyl (C=O) groups is 1. The summed E-state index contributed by atoms with van der Waals surface area (Å²) in [5.74, 6) is -0.139. The van der Waals surface area contributed by atoms with Gasteiger partial charge in [-0.05, 0) is 52.7 Å². The van der Waals surface area contributed by atoms with Crippen LogP contribution in [0.2, 0.25) is 0 Å². The van der Waals surface area contributed by atoms with Crippen LogP contribution in [0.1, 0.15) is 40.2 Å². The molecule has 3 rings (SSSR count). The Balaban J connectivity index is 1.89. The molecule has 0 saturated carbocycles. The first kappa shape index (κ1) is 18.1. The summed E-state index contributed by atoms with van der Waals surface area (Å²) >= 11 is 0. The second-order valence-corrected chi connectivity index (χ2v) is 7.77. The van der Waals surface area contributed by atoms with Gasteiger partial charge in [-0.3, -0.25) is 4.79 Å². The topological polar surface area (TPSA) is 48.0 Å². The van der Waals surface area contributed by atoms with Crippen LogP contribution in [-0.2, 0) is 25.7 Å². The molecule has 3 atom stereocenters. The van der Waals surface area contributed by atoms with Crippen LogP contribution in [0.15, 0.2) is 42.5 Å². The number of rotatable bonds is 3. The average Bonchev–Trinajstić information content (AvgIpc) is 2.72. The van der Waals surface area contributed by atoms with Gasteiger partial charge in [-0.15, -0.1) is 0 Å². The summed E-state index contributed by atoms with van der Waals surface area (Å²) in [6.07, 6.45) is 3.43. The lowest BCUT2D eigenvalue weighted by Gasteiger charge is -2.36. The molecule has 0 N–H and O–H groups in total. The maximum atomic E-state index is 13.2. The zero-order chi connectivity index (χ0) is 18.2. The van der Waals surface area contributed by atoms with Gasteiger partial charge >= 0.3 is 0 Å². The number of hydrogen-bond donors (Lipinski definition) is 0. The second kappa shape index (κ2) is 6.56. The molecule has 2 heterocycles. The van der Waals surface area contributed by atoms with E-state index >= 15 is 0 Å². The Kier molecular flexibility index (Phi) is 4.75. The number of amides is 1. The highest BCUT2D eigenvalue weighted by Crippen LogP contribution is 2.41. The summed E-state index contributed by atoms with van der Waals surface area (Å²) in [4.78, 5) is 25.5. The Morgan fingerprint density at radius 2 is 1.76 bits per heavy atom. The standard InChI is InChI=1S/C20H27NO4/c1-14-11-12-16(24-23-14)18(22)21-17(13-15-9-7-6-8-10-15)19(2,3)25-20(21,4)5/h6-12,14,16-17H,13H2,1-5H3/t14-,16-,17-/m0/s1. The summed E-state index contributed by atoms with van der Waals surface area (Å²) in [5.41, 5.74) is -0.0217. The van der Waals surface area contributed by atoms with Gasteiger partial charge in [0, 0.05) is 0 Å². The van der Waals surface area contributed by atoms with Gasteiger partial charge in [0.2, 0.25) is 0 Å². The zero-order valence-electron chi connectivity index (χ0n) is 15.6. The molecule has 2 aliphatic heterocycles. The van der Waals surface area contributed by atoms with E-state index in [-0.39, 0.29) is 18.1 Å². The molecule has 1 fully saturated rings. The Hall–Kier alpha value is -1.69. The zero-order valence-corrected chi connectivity index (χ0v) is 15.6. The quantitative estimate of drug-likeness (QED) is 0.623. The summed E-state index contributed by atoms with van der Waals surface area (Å²) < 4.78 is 6.25. The molecule has 1 saturated heterocycles. The van der Waals surface area contributed by atoms with Crippen LogP contribution in [0, 0.1) is 0 Å².